The van der Waals surface area contributed by atoms with E-state index in [0.717, 1.165) is 30.7 Å². The van der Waals surface area contributed by atoms with E-state index in [1.54, 1.807) is 17.0 Å². The molecule has 1 N–H and O–H groups in total. The summed E-state index contributed by atoms with van der Waals surface area (Å²) >= 11 is 0. The Bertz CT molecular complexity index is 1290. The minimum absolute atomic E-state index is 0.0395. The molecular formula is C30H32F6N2O2. The number of carbonyl (C=O) groups is 1. The highest BCUT2D eigenvalue weighted by Crippen LogP contribution is 2.37. The summed E-state index contributed by atoms with van der Waals surface area (Å²) in [6.45, 7) is 8.06. The molecule has 1 aromatic heterocycles. The van der Waals surface area contributed by atoms with Crippen LogP contribution >= 0.6 is 0 Å². The number of rotatable bonds is 10. The molecule has 216 valence electrons. The molecule has 0 aliphatic heterocycles. The van der Waals surface area contributed by atoms with Gasteiger partial charge in [0.05, 0.1) is 22.7 Å². The molecule has 0 spiro atoms. The normalized spacial score (nSPS) is 13.8. The maximum Gasteiger partial charge on any atom is 0.416 e. The van der Waals surface area contributed by atoms with E-state index < -0.39 is 35.4 Å². The third-order valence-electron chi connectivity index (χ3n) is 6.71. The molecule has 2 atom stereocenters. The number of pyridine rings is 1. The van der Waals surface area contributed by atoms with Gasteiger partial charge in [0, 0.05) is 17.8 Å². The van der Waals surface area contributed by atoms with Crippen LogP contribution in [0.4, 0.5) is 37.8 Å². The van der Waals surface area contributed by atoms with Crippen molar-refractivity contribution in [2.45, 2.75) is 58.8 Å². The number of halogens is 6. The number of carboxylic acids is 1. The molecule has 0 aliphatic carbocycles. The third-order valence-corrected chi connectivity index (χ3v) is 6.71. The summed E-state index contributed by atoms with van der Waals surface area (Å²) in [6, 6.07) is 12.2. The van der Waals surface area contributed by atoms with Gasteiger partial charge in [-0.1, -0.05) is 46.2 Å². The smallest absolute Gasteiger partial charge is 0.416 e. The zero-order chi connectivity index (χ0) is 29.8. The zero-order valence-electron chi connectivity index (χ0n) is 22.6. The molecule has 3 rings (SSSR count). The molecule has 10 heteroatoms. The summed E-state index contributed by atoms with van der Waals surface area (Å²) in [7, 11) is 0. The van der Waals surface area contributed by atoms with Gasteiger partial charge in [-0.3, -0.25) is 4.79 Å². The first-order valence-corrected chi connectivity index (χ1v) is 13.0. The molecule has 2 unspecified atom stereocenters. The number of benzene rings is 2. The van der Waals surface area contributed by atoms with Crippen LogP contribution < -0.4 is 4.90 Å². The van der Waals surface area contributed by atoms with E-state index in [-0.39, 0.29) is 23.3 Å². The average molecular weight is 567 g/mol. The van der Waals surface area contributed by atoms with Gasteiger partial charge in [-0.05, 0) is 72.4 Å². The van der Waals surface area contributed by atoms with Gasteiger partial charge < -0.3 is 10.0 Å². The molecule has 2 aromatic carbocycles. The van der Waals surface area contributed by atoms with E-state index in [4.69, 9.17) is 0 Å². The second kappa shape index (κ2) is 12.3. The van der Waals surface area contributed by atoms with Crippen molar-refractivity contribution in [3.63, 3.8) is 0 Å². The summed E-state index contributed by atoms with van der Waals surface area (Å²) in [4.78, 5) is 18.7. The fraction of sp³-hybridized carbons (Fsp3) is 0.400. The van der Waals surface area contributed by atoms with Crippen LogP contribution in [-0.4, -0.2) is 22.6 Å². The first kappa shape index (κ1) is 31.0. The molecule has 4 nitrogen and oxygen atoms in total. The average Bonchev–Trinajstić information content (AvgIpc) is 2.88. The summed E-state index contributed by atoms with van der Waals surface area (Å²) in [6.07, 6.45) is -7.97. The van der Waals surface area contributed by atoms with Gasteiger partial charge >= 0.3 is 18.3 Å². The molecular weight excluding hydrogens is 534 g/mol. The summed E-state index contributed by atoms with van der Waals surface area (Å²) in [5.41, 5.74) is -0.212. The van der Waals surface area contributed by atoms with Gasteiger partial charge in [-0.25, -0.2) is 4.98 Å². The molecule has 0 saturated heterocycles. The first-order chi connectivity index (χ1) is 18.6. The van der Waals surface area contributed by atoms with E-state index in [0.29, 0.717) is 29.8 Å². The molecule has 0 bridgehead atoms. The second-order valence-electron chi connectivity index (χ2n) is 10.4. The van der Waals surface area contributed by atoms with Crippen LogP contribution in [0.2, 0.25) is 0 Å². The molecule has 40 heavy (non-hydrogen) atoms. The minimum atomic E-state index is -4.53. The number of alkyl halides is 6. The Morgan fingerprint density at radius 2 is 1.40 bits per heavy atom. The highest BCUT2D eigenvalue weighted by Gasteiger charge is 2.32. The van der Waals surface area contributed by atoms with E-state index >= 15 is 0 Å². The lowest BCUT2D eigenvalue weighted by Gasteiger charge is -2.28. The predicted octanol–water partition coefficient (Wildman–Crippen LogP) is 9.18. The van der Waals surface area contributed by atoms with Gasteiger partial charge in [-0.15, -0.1) is 0 Å². The monoisotopic (exact) mass is 566 g/mol. The number of aliphatic carboxylic acids is 1. The number of carboxylic acid groups (broad SMARTS) is 1. The van der Waals surface area contributed by atoms with Crippen molar-refractivity contribution in [1.29, 1.82) is 0 Å². The van der Waals surface area contributed by atoms with Crippen molar-refractivity contribution in [2.75, 3.05) is 11.4 Å². The Kier molecular flexibility index (Phi) is 9.53. The van der Waals surface area contributed by atoms with Gasteiger partial charge in [-0.2, -0.15) is 26.3 Å². The highest BCUT2D eigenvalue weighted by molar-refractivity contribution is 5.78. The lowest BCUT2D eigenvalue weighted by Crippen LogP contribution is -2.24. The van der Waals surface area contributed by atoms with Gasteiger partial charge in [0.2, 0.25) is 0 Å². The summed E-state index contributed by atoms with van der Waals surface area (Å²) in [5.74, 6) is -1.57. The van der Waals surface area contributed by atoms with Crippen LogP contribution in [0.3, 0.4) is 0 Å². The molecule has 1 heterocycles. The Labute approximate surface area is 229 Å². The highest BCUT2D eigenvalue weighted by atomic mass is 19.4. The molecule has 0 saturated carbocycles. The number of anilines is 2. The topological polar surface area (TPSA) is 53.4 Å². The number of aromatic nitrogens is 1. The Balaban J connectivity index is 2.21. The number of hydrogen-bond donors (Lipinski definition) is 1. The third kappa shape index (κ3) is 7.76. The van der Waals surface area contributed by atoms with Crippen LogP contribution in [0.1, 0.15) is 63.1 Å². The largest absolute Gasteiger partial charge is 0.481 e. The van der Waals surface area contributed by atoms with Gasteiger partial charge in [0.25, 0.3) is 0 Å². The van der Waals surface area contributed by atoms with Gasteiger partial charge in [0.15, 0.2) is 0 Å². The summed E-state index contributed by atoms with van der Waals surface area (Å²) < 4.78 is 79.1. The Hall–Kier alpha value is -3.56. The van der Waals surface area contributed by atoms with Crippen molar-refractivity contribution in [3.05, 3.63) is 77.4 Å². The lowest BCUT2D eigenvalue weighted by molar-refractivity contribution is -0.139. The van der Waals surface area contributed by atoms with E-state index in [2.05, 4.69) is 4.98 Å². The van der Waals surface area contributed by atoms with E-state index in [9.17, 15) is 36.2 Å². The van der Waals surface area contributed by atoms with Crippen molar-refractivity contribution in [3.8, 4) is 11.3 Å². The summed E-state index contributed by atoms with van der Waals surface area (Å²) in [5, 5.41) is 10.1. The number of nitrogens with zero attached hydrogens (tertiary/aromatic N) is 2. The second-order valence-corrected chi connectivity index (χ2v) is 10.4. The van der Waals surface area contributed by atoms with Crippen LogP contribution in [0.15, 0.2) is 60.7 Å². The maximum absolute atomic E-state index is 13.2. The van der Waals surface area contributed by atoms with Crippen LogP contribution in [0, 0.1) is 11.8 Å². The molecule has 0 amide bonds. The van der Waals surface area contributed by atoms with Crippen LogP contribution in [-0.2, 0) is 17.1 Å². The van der Waals surface area contributed by atoms with Crippen molar-refractivity contribution in [1.82, 2.24) is 4.98 Å². The minimum Gasteiger partial charge on any atom is -0.481 e. The molecule has 0 fully saturated rings. The fourth-order valence-corrected chi connectivity index (χ4v) is 4.33. The van der Waals surface area contributed by atoms with Crippen molar-refractivity contribution < 1.29 is 36.2 Å². The number of hydrogen-bond acceptors (Lipinski definition) is 3. The standard InChI is InChI=1S/C30H32F6N2O2/c1-5-19(4)14-25(28(39)40)21-15-26(20-6-8-22(9-7-20)29(31,32)33)37-27(16-21)38(17-18(2)3)24-12-10-23(11-13-24)30(34,35)36/h6-13,15-16,18-19,25H,5,14,17H2,1-4H3,(H,39,40). The van der Waals surface area contributed by atoms with Crippen LogP contribution in [0.25, 0.3) is 11.3 Å². The first-order valence-electron chi connectivity index (χ1n) is 13.0. The quantitative estimate of drug-likeness (QED) is 0.249. The van der Waals surface area contributed by atoms with E-state index in [1.165, 1.54) is 24.3 Å². The van der Waals surface area contributed by atoms with Gasteiger partial charge in [0.1, 0.15) is 5.82 Å². The molecule has 0 aliphatic rings. The van der Waals surface area contributed by atoms with E-state index in [1.807, 2.05) is 27.7 Å². The SMILES string of the molecule is CCC(C)CC(C(=O)O)c1cc(-c2ccc(C(F)(F)F)cc2)nc(N(CC(C)C)c2ccc(C(F)(F)F)cc2)c1. The van der Waals surface area contributed by atoms with Crippen LogP contribution in [0.5, 0.6) is 0 Å². The lowest BCUT2D eigenvalue weighted by atomic mass is 9.88. The Morgan fingerprint density at radius 3 is 1.85 bits per heavy atom. The maximum atomic E-state index is 13.2. The van der Waals surface area contributed by atoms with Crippen molar-refractivity contribution in [2.24, 2.45) is 11.8 Å². The van der Waals surface area contributed by atoms with Crippen molar-refractivity contribution >= 4 is 17.5 Å². The Morgan fingerprint density at radius 1 is 0.875 bits per heavy atom. The fourth-order valence-electron chi connectivity index (χ4n) is 4.33. The molecule has 0 radical (unpaired) electrons. The zero-order valence-corrected chi connectivity index (χ0v) is 22.6. The predicted molar refractivity (Wildman–Crippen MR) is 142 cm³/mol. The molecule has 3 aromatic rings.